The van der Waals surface area contributed by atoms with Crippen molar-refractivity contribution in [3.63, 3.8) is 0 Å². The highest BCUT2D eigenvalue weighted by Gasteiger charge is 2.29. The molecule has 0 aromatic heterocycles. The summed E-state index contributed by atoms with van der Waals surface area (Å²) in [6.45, 7) is 4.22. The van der Waals surface area contributed by atoms with Crippen molar-refractivity contribution in [2.24, 2.45) is 5.73 Å². The number of ether oxygens (including phenoxy) is 1. The lowest BCUT2D eigenvalue weighted by Gasteiger charge is -2.15. The Morgan fingerprint density at radius 3 is 2.17 bits per heavy atom. The van der Waals surface area contributed by atoms with Gasteiger partial charge in [0, 0.05) is 6.04 Å². The molecule has 0 bridgehead atoms. The second kappa shape index (κ2) is 6.20. The second-order valence-electron chi connectivity index (χ2n) is 4.54. The lowest BCUT2D eigenvalue weighted by molar-refractivity contribution is -0.137. The predicted octanol–water partition coefficient (Wildman–Crippen LogP) is 3.00. The Morgan fingerprint density at radius 2 is 1.72 bits per heavy atom. The molecule has 0 aliphatic heterocycles. The number of hydrogen-bond acceptors (Lipinski definition) is 2. The van der Waals surface area contributed by atoms with Crippen LogP contribution in [0, 0.1) is 0 Å². The minimum absolute atomic E-state index is 0.101. The Bertz CT molecular complexity index is 359. The van der Waals surface area contributed by atoms with Crippen molar-refractivity contribution in [3.8, 4) is 0 Å². The fraction of sp³-hybridized carbons (Fsp3) is 0.538. The number of nitrogens with two attached hydrogens (primary N) is 1. The van der Waals surface area contributed by atoms with E-state index in [0.717, 1.165) is 17.7 Å². The average Bonchev–Trinajstić information content (AvgIpc) is 2.26. The Labute approximate surface area is 105 Å². The summed E-state index contributed by atoms with van der Waals surface area (Å²) >= 11 is 0. The molecule has 0 heterocycles. The first-order valence-corrected chi connectivity index (χ1v) is 5.82. The van der Waals surface area contributed by atoms with E-state index >= 15 is 0 Å². The van der Waals surface area contributed by atoms with Gasteiger partial charge in [0.05, 0.1) is 18.3 Å². The topological polar surface area (TPSA) is 35.2 Å². The van der Waals surface area contributed by atoms with Gasteiger partial charge in [-0.25, -0.2) is 0 Å². The number of alkyl halides is 3. The van der Waals surface area contributed by atoms with Crippen molar-refractivity contribution >= 4 is 0 Å². The second-order valence-corrected chi connectivity index (χ2v) is 4.54. The molecule has 1 rings (SSSR count). The van der Waals surface area contributed by atoms with Gasteiger partial charge < -0.3 is 10.5 Å². The van der Waals surface area contributed by atoms with Crippen LogP contribution in [0.2, 0.25) is 0 Å². The highest BCUT2D eigenvalue weighted by Crippen LogP contribution is 2.29. The van der Waals surface area contributed by atoms with Gasteiger partial charge in [0.1, 0.15) is 0 Å². The van der Waals surface area contributed by atoms with E-state index < -0.39 is 11.7 Å². The zero-order valence-corrected chi connectivity index (χ0v) is 10.5. The molecule has 0 spiro atoms. The van der Waals surface area contributed by atoms with E-state index in [1.807, 2.05) is 13.8 Å². The number of hydrogen-bond donors (Lipinski definition) is 1. The number of halogens is 3. The summed E-state index contributed by atoms with van der Waals surface area (Å²) in [4.78, 5) is 0. The van der Waals surface area contributed by atoms with E-state index in [1.165, 1.54) is 12.1 Å². The maximum atomic E-state index is 12.3. The molecular formula is C13H18F3NO. The maximum Gasteiger partial charge on any atom is 0.416 e. The molecule has 1 aromatic rings. The standard InChI is InChI=1S/C13H18F3NO/c1-9(2)18-8-12(17)7-10-3-5-11(6-4-10)13(14,15)16/h3-6,9,12H,7-8,17H2,1-2H3. The van der Waals surface area contributed by atoms with Crippen molar-refractivity contribution in [1.82, 2.24) is 0 Å². The van der Waals surface area contributed by atoms with Crippen molar-refractivity contribution in [3.05, 3.63) is 35.4 Å². The van der Waals surface area contributed by atoms with Crippen LogP contribution in [0.5, 0.6) is 0 Å². The third kappa shape index (κ3) is 5.06. The monoisotopic (exact) mass is 261 g/mol. The normalized spacial score (nSPS) is 13.9. The van der Waals surface area contributed by atoms with Crippen LogP contribution in [-0.4, -0.2) is 18.8 Å². The summed E-state index contributed by atoms with van der Waals surface area (Å²) in [5.41, 5.74) is 5.97. The molecule has 1 unspecified atom stereocenters. The van der Waals surface area contributed by atoms with Crippen molar-refractivity contribution in [2.75, 3.05) is 6.61 Å². The summed E-state index contributed by atoms with van der Waals surface area (Å²) < 4.78 is 42.4. The molecule has 102 valence electrons. The molecule has 0 saturated heterocycles. The lowest BCUT2D eigenvalue weighted by atomic mass is 10.0. The summed E-state index contributed by atoms with van der Waals surface area (Å²) in [6, 6.07) is 4.86. The molecule has 0 aliphatic carbocycles. The van der Waals surface area contributed by atoms with Gasteiger partial charge in [-0.3, -0.25) is 0 Å². The van der Waals surface area contributed by atoms with Crippen LogP contribution in [0.25, 0.3) is 0 Å². The van der Waals surface area contributed by atoms with E-state index in [4.69, 9.17) is 10.5 Å². The minimum atomic E-state index is -4.29. The number of benzene rings is 1. The van der Waals surface area contributed by atoms with E-state index in [1.54, 1.807) is 0 Å². The van der Waals surface area contributed by atoms with Crippen LogP contribution >= 0.6 is 0 Å². The SMILES string of the molecule is CC(C)OCC(N)Cc1ccc(C(F)(F)F)cc1. The molecule has 2 nitrogen and oxygen atoms in total. The van der Waals surface area contributed by atoms with E-state index in [2.05, 4.69) is 0 Å². The van der Waals surface area contributed by atoms with Crippen molar-refractivity contribution in [1.29, 1.82) is 0 Å². The molecule has 0 fully saturated rings. The fourth-order valence-corrected chi connectivity index (χ4v) is 1.51. The first-order chi connectivity index (χ1) is 8.29. The maximum absolute atomic E-state index is 12.3. The Morgan fingerprint density at radius 1 is 1.17 bits per heavy atom. The Balaban J connectivity index is 2.53. The molecule has 0 amide bonds. The summed E-state index contributed by atoms with van der Waals surface area (Å²) in [5.74, 6) is 0. The van der Waals surface area contributed by atoms with Gasteiger partial charge in [-0.2, -0.15) is 13.2 Å². The molecular weight excluding hydrogens is 243 g/mol. The van der Waals surface area contributed by atoms with Crippen LogP contribution < -0.4 is 5.73 Å². The third-order valence-corrected chi connectivity index (χ3v) is 2.42. The van der Waals surface area contributed by atoms with Crippen LogP contribution in [-0.2, 0) is 17.3 Å². The molecule has 0 saturated carbocycles. The van der Waals surface area contributed by atoms with Gasteiger partial charge >= 0.3 is 6.18 Å². The molecule has 18 heavy (non-hydrogen) atoms. The van der Waals surface area contributed by atoms with Gasteiger partial charge in [0.2, 0.25) is 0 Å². The third-order valence-electron chi connectivity index (χ3n) is 2.42. The molecule has 1 atom stereocenters. The van der Waals surface area contributed by atoms with Gasteiger partial charge in [0.25, 0.3) is 0 Å². The van der Waals surface area contributed by atoms with Gasteiger partial charge in [0.15, 0.2) is 0 Å². The highest BCUT2D eigenvalue weighted by atomic mass is 19.4. The van der Waals surface area contributed by atoms with Crippen LogP contribution in [0.15, 0.2) is 24.3 Å². The van der Waals surface area contributed by atoms with Crippen molar-refractivity contribution < 1.29 is 17.9 Å². The van der Waals surface area contributed by atoms with Crippen LogP contribution in [0.3, 0.4) is 0 Å². The molecule has 5 heteroatoms. The zero-order valence-electron chi connectivity index (χ0n) is 10.5. The Hall–Kier alpha value is -1.07. The van der Waals surface area contributed by atoms with Gasteiger partial charge in [-0.1, -0.05) is 12.1 Å². The first-order valence-electron chi connectivity index (χ1n) is 5.82. The summed E-state index contributed by atoms with van der Waals surface area (Å²) in [7, 11) is 0. The first kappa shape index (κ1) is 15.0. The van der Waals surface area contributed by atoms with E-state index in [9.17, 15) is 13.2 Å². The van der Waals surface area contributed by atoms with E-state index in [-0.39, 0.29) is 12.1 Å². The molecule has 0 radical (unpaired) electrons. The Kier molecular flexibility index (Phi) is 5.16. The zero-order chi connectivity index (χ0) is 13.8. The fourth-order valence-electron chi connectivity index (χ4n) is 1.51. The molecule has 0 aliphatic rings. The van der Waals surface area contributed by atoms with Gasteiger partial charge in [-0.05, 0) is 38.0 Å². The quantitative estimate of drug-likeness (QED) is 0.884. The van der Waals surface area contributed by atoms with Crippen LogP contribution in [0.4, 0.5) is 13.2 Å². The highest BCUT2D eigenvalue weighted by molar-refractivity contribution is 5.25. The minimum Gasteiger partial charge on any atom is -0.377 e. The summed E-state index contributed by atoms with van der Waals surface area (Å²) in [5, 5.41) is 0. The number of rotatable bonds is 5. The van der Waals surface area contributed by atoms with Crippen molar-refractivity contribution in [2.45, 2.75) is 38.6 Å². The molecule has 2 N–H and O–H groups in total. The molecule has 1 aromatic carbocycles. The predicted molar refractivity (Wildman–Crippen MR) is 64.2 cm³/mol. The van der Waals surface area contributed by atoms with E-state index in [0.29, 0.717) is 13.0 Å². The largest absolute Gasteiger partial charge is 0.416 e. The summed E-state index contributed by atoms with van der Waals surface area (Å²) in [6.07, 6.45) is -3.68. The lowest BCUT2D eigenvalue weighted by Crippen LogP contribution is -2.30. The average molecular weight is 261 g/mol. The van der Waals surface area contributed by atoms with Gasteiger partial charge in [-0.15, -0.1) is 0 Å². The van der Waals surface area contributed by atoms with Crippen LogP contribution in [0.1, 0.15) is 25.0 Å². The smallest absolute Gasteiger partial charge is 0.377 e.